The molecule has 0 aliphatic carbocycles. The number of hydrogen-bond donors (Lipinski definition) is 3. The van der Waals surface area contributed by atoms with Crippen molar-refractivity contribution in [1.82, 2.24) is 0 Å². The first-order valence-electron chi connectivity index (χ1n) is 5.42. The lowest BCUT2D eigenvalue weighted by Crippen LogP contribution is -2.14. The van der Waals surface area contributed by atoms with E-state index in [4.69, 9.17) is 21.8 Å². The highest BCUT2D eigenvalue weighted by Gasteiger charge is 2.11. The molecule has 1 rings (SSSR count). The molecular weight excluding hydrogens is 242 g/mol. The normalized spacial score (nSPS) is 12.2. The molecule has 0 aromatic heterocycles. The van der Waals surface area contributed by atoms with Gasteiger partial charge in [0.2, 0.25) is 0 Å². The minimum Gasteiger partial charge on any atom is -0.478 e. The second kappa shape index (κ2) is 6.47. The molecule has 0 saturated carbocycles. The Morgan fingerprint density at radius 2 is 2.24 bits per heavy atom. The lowest BCUT2D eigenvalue weighted by Gasteiger charge is -2.14. The van der Waals surface area contributed by atoms with Crippen molar-refractivity contribution in [1.29, 1.82) is 0 Å². The molecule has 5 heteroatoms. The van der Waals surface area contributed by atoms with Crippen molar-refractivity contribution < 1.29 is 15.0 Å². The Bertz CT molecular complexity index is 395. The van der Waals surface area contributed by atoms with Gasteiger partial charge in [0.15, 0.2) is 0 Å². The van der Waals surface area contributed by atoms with Crippen LogP contribution in [0.3, 0.4) is 0 Å². The largest absolute Gasteiger partial charge is 0.478 e. The summed E-state index contributed by atoms with van der Waals surface area (Å²) in [6.45, 7) is 2.71. The molecule has 1 aromatic carbocycles. The average Bonchev–Trinajstić information content (AvgIpc) is 2.26. The SMILES string of the molecule is CC(CCO)CNc1cc(Cl)ccc1C(=O)O. The first-order chi connectivity index (χ1) is 8.04. The van der Waals surface area contributed by atoms with Crippen molar-refractivity contribution in [2.45, 2.75) is 13.3 Å². The van der Waals surface area contributed by atoms with E-state index < -0.39 is 5.97 Å². The van der Waals surface area contributed by atoms with E-state index in [2.05, 4.69) is 5.32 Å². The highest BCUT2D eigenvalue weighted by atomic mass is 35.5. The molecule has 0 saturated heterocycles. The third-order valence-corrected chi connectivity index (χ3v) is 2.71. The maximum absolute atomic E-state index is 11.0. The Labute approximate surface area is 105 Å². The smallest absolute Gasteiger partial charge is 0.337 e. The fourth-order valence-electron chi connectivity index (χ4n) is 1.46. The standard InChI is InChI=1S/C12H16ClNO3/c1-8(4-5-15)7-14-11-6-9(13)2-3-10(11)12(16)17/h2-3,6,8,14-15H,4-5,7H2,1H3,(H,16,17). The van der Waals surface area contributed by atoms with Gasteiger partial charge in [-0.1, -0.05) is 18.5 Å². The second-order valence-electron chi connectivity index (χ2n) is 3.99. The number of benzene rings is 1. The minimum atomic E-state index is -0.987. The van der Waals surface area contributed by atoms with Gasteiger partial charge in [0, 0.05) is 18.2 Å². The van der Waals surface area contributed by atoms with Crippen LogP contribution >= 0.6 is 11.6 Å². The molecule has 0 aliphatic heterocycles. The number of carboxylic acid groups (broad SMARTS) is 1. The molecule has 0 fully saturated rings. The molecule has 94 valence electrons. The summed E-state index contributed by atoms with van der Waals surface area (Å²) in [6, 6.07) is 4.62. The van der Waals surface area contributed by atoms with E-state index in [0.29, 0.717) is 23.7 Å². The van der Waals surface area contributed by atoms with Gasteiger partial charge in [0.1, 0.15) is 0 Å². The van der Waals surface area contributed by atoms with E-state index in [1.54, 1.807) is 12.1 Å². The van der Waals surface area contributed by atoms with E-state index in [1.165, 1.54) is 6.07 Å². The van der Waals surface area contributed by atoms with Crippen LogP contribution in [0, 0.1) is 5.92 Å². The third kappa shape index (κ3) is 4.24. The molecule has 0 amide bonds. The van der Waals surface area contributed by atoms with Gasteiger partial charge in [-0.15, -0.1) is 0 Å². The first-order valence-corrected chi connectivity index (χ1v) is 5.80. The van der Waals surface area contributed by atoms with Gasteiger partial charge in [0.05, 0.1) is 11.3 Å². The van der Waals surface area contributed by atoms with E-state index in [9.17, 15) is 4.79 Å². The molecule has 17 heavy (non-hydrogen) atoms. The van der Waals surface area contributed by atoms with Crippen LogP contribution in [-0.2, 0) is 0 Å². The molecule has 1 unspecified atom stereocenters. The van der Waals surface area contributed by atoms with Crippen molar-refractivity contribution in [3.63, 3.8) is 0 Å². The summed E-state index contributed by atoms with van der Waals surface area (Å²) in [7, 11) is 0. The van der Waals surface area contributed by atoms with Gasteiger partial charge in [-0.3, -0.25) is 0 Å². The average molecular weight is 258 g/mol. The molecule has 4 nitrogen and oxygen atoms in total. The number of aliphatic hydroxyl groups is 1. The van der Waals surface area contributed by atoms with Crippen molar-refractivity contribution >= 4 is 23.3 Å². The molecule has 0 radical (unpaired) electrons. The zero-order chi connectivity index (χ0) is 12.8. The van der Waals surface area contributed by atoms with Crippen molar-refractivity contribution in [2.24, 2.45) is 5.92 Å². The van der Waals surface area contributed by atoms with E-state index >= 15 is 0 Å². The summed E-state index contributed by atoms with van der Waals surface area (Å²) in [5.41, 5.74) is 0.709. The van der Waals surface area contributed by atoms with E-state index in [-0.39, 0.29) is 18.1 Å². The van der Waals surface area contributed by atoms with Crippen LogP contribution in [0.4, 0.5) is 5.69 Å². The topological polar surface area (TPSA) is 69.6 Å². The van der Waals surface area contributed by atoms with Gasteiger partial charge in [0.25, 0.3) is 0 Å². The fraction of sp³-hybridized carbons (Fsp3) is 0.417. The number of carboxylic acids is 1. The molecule has 1 atom stereocenters. The Morgan fingerprint density at radius 3 is 2.82 bits per heavy atom. The van der Waals surface area contributed by atoms with Crippen LogP contribution in [-0.4, -0.2) is 29.3 Å². The van der Waals surface area contributed by atoms with Crippen molar-refractivity contribution in [3.8, 4) is 0 Å². The molecule has 0 heterocycles. The number of anilines is 1. The van der Waals surface area contributed by atoms with Gasteiger partial charge in [-0.2, -0.15) is 0 Å². The lowest BCUT2D eigenvalue weighted by atomic mass is 10.1. The molecule has 0 bridgehead atoms. The molecule has 1 aromatic rings. The molecular formula is C12H16ClNO3. The van der Waals surface area contributed by atoms with Crippen LogP contribution in [0.15, 0.2) is 18.2 Å². The maximum atomic E-state index is 11.0. The van der Waals surface area contributed by atoms with Crippen molar-refractivity contribution in [2.75, 3.05) is 18.5 Å². The number of aliphatic hydroxyl groups excluding tert-OH is 1. The van der Waals surface area contributed by atoms with Crippen LogP contribution in [0.25, 0.3) is 0 Å². The molecule has 0 aliphatic rings. The molecule has 0 spiro atoms. The number of rotatable bonds is 6. The third-order valence-electron chi connectivity index (χ3n) is 2.47. The van der Waals surface area contributed by atoms with E-state index in [1.807, 2.05) is 6.92 Å². The van der Waals surface area contributed by atoms with Gasteiger partial charge in [-0.05, 0) is 30.5 Å². The number of aromatic carboxylic acids is 1. The predicted octanol–water partition coefficient (Wildman–Crippen LogP) is 2.47. The van der Waals surface area contributed by atoms with Crippen LogP contribution in [0.1, 0.15) is 23.7 Å². The second-order valence-corrected chi connectivity index (χ2v) is 4.43. The number of hydrogen-bond acceptors (Lipinski definition) is 3. The predicted molar refractivity (Wildman–Crippen MR) is 67.8 cm³/mol. The summed E-state index contributed by atoms with van der Waals surface area (Å²) in [4.78, 5) is 11.0. The van der Waals surface area contributed by atoms with Gasteiger partial charge < -0.3 is 15.5 Å². The van der Waals surface area contributed by atoms with Gasteiger partial charge in [-0.25, -0.2) is 4.79 Å². The summed E-state index contributed by atoms with van der Waals surface area (Å²) < 4.78 is 0. The summed E-state index contributed by atoms with van der Waals surface area (Å²) in [5.74, 6) is -0.723. The van der Waals surface area contributed by atoms with Crippen LogP contribution in [0.5, 0.6) is 0 Å². The van der Waals surface area contributed by atoms with Gasteiger partial charge >= 0.3 is 5.97 Å². The lowest BCUT2D eigenvalue weighted by molar-refractivity contribution is 0.0698. The van der Waals surface area contributed by atoms with E-state index in [0.717, 1.165) is 0 Å². The number of nitrogens with one attached hydrogen (secondary N) is 1. The van der Waals surface area contributed by atoms with Crippen LogP contribution in [0.2, 0.25) is 5.02 Å². The Kier molecular flexibility index (Phi) is 5.25. The highest BCUT2D eigenvalue weighted by molar-refractivity contribution is 6.31. The summed E-state index contributed by atoms with van der Waals surface area (Å²) in [5, 5.41) is 21.3. The fourth-order valence-corrected chi connectivity index (χ4v) is 1.63. The molecule has 3 N–H and O–H groups in total. The quantitative estimate of drug-likeness (QED) is 0.732. The first kappa shape index (κ1) is 13.8. The number of carbonyl (C=O) groups is 1. The monoisotopic (exact) mass is 257 g/mol. The summed E-state index contributed by atoms with van der Waals surface area (Å²) >= 11 is 5.83. The van der Waals surface area contributed by atoms with Crippen LogP contribution < -0.4 is 5.32 Å². The Morgan fingerprint density at radius 1 is 1.53 bits per heavy atom. The maximum Gasteiger partial charge on any atom is 0.337 e. The zero-order valence-corrected chi connectivity index (χ0v) is 10.4. The zero-order valence-electron chi connectivity index (χ0n) is 9.61. The minimum absolute atomic E-state index is 0.129. The Hall–Kier alpha value is -1.26. The Balaban J connectivity index is 2.75. The van der Waals surface area contributed by atoms with Crippen molar-refractivity contribution in [3.05, 3.63) is 28.8 Å². The summed E-state index contributed by atoms with van der Waals surface area (Å²) in [6.07, 6.45) is 0.677. The highest BCUT2D eigenvalue weighted by Crippen LogP contribution is 2.21. The number of halogens is 1.